The number of amides is 1. The molecule has 0 fully saturated rings. The number of rotatable bonds is 2. The molecule has 5 nitrogen and oxygen atoms in total. The highest BCUT2D eigenvalue weighted by molar-refractivity contribution is 6.31. The number of nitrogens with one attached hydrogen (secondary N) is 2. The molecule has 1 spiro atoms. The van der Waals surface area contributed by atoms with Crippen LogP contribution in [0.15, 0.2) is 48.7 Å². The van der Waals surface area contributed by atoms with Gasteiger partial charge < -0.3 is 10.6 Å². The van der Waals surface area contributed by atoms with Crippen molar-refractivity contribution >= 4 is 40.6 Å². The van der Waals surface area contributed by atoms with E-state index in [9.17, 15) is 4.79 Å². The minimum atomic E-state index is -0.448. The summed E-state index contributed by atoms with van der Waals surface area (Å²) in [6.45, 7) is 1.20. The molecule has 27 heavy (non-hydrogen) atoms. The summed E-state index contributed by atoms with van der Waals surface area (Å²) in [7, 11) is 0. The molecular formula is C20H16Cl2N4O. The SMILES string of the molecule is O=C1C[C@]2(CNc3ccc(Cl)cc32)c2cnn(Cc3ccc(Cl)cc3)c2N1. The summed E-state index contributed by atoms with van der Waals surface area (Å²) in [4.78, 5) is 12.6. The third kappa shape index (κ3) is 2.61. The molecule has 0 aliphatic carbocycles. The highest BCUT2D eigenvalue weighted by Gasteiger charge is 2.48. The molecule has 5 rings (SSSR count). The Morgan fingerprint density at radius 2 is 1.85 bits per heavy atom. The molecule has 136 valence electrons. The standard InChI is InChI=1S/C20H16Cl2N4O/c21-13-3-1-12(2-4-13)10-26-19-16(9-24-26)20(8-18(27)25-19)11-23-17-6-5-14(22)7-15(17)20/h1-7,9,23H,8,10-11H2,(H,25,27)/t20-/m1/s1. The Morgan fingerprint density at radius 3 is 2.67 bits per heavy atom. The summed E-state index contributed by atoms with van der Waals surface area (Å²) in [5.41, 5.74) is 3.70. The van der Waals surface area contributed by atoms with Gasteiger partial charge in [0.25, 0.3) is 0 Å². The topological polar surface area (TPSA) is 59.0 Å². The van der Waals surface area contributed by atoms with E-state index >= 15 is 0 Å². The molecular weight excluding hydrogens is 383 g/mol. The molecule has 2 aromatic carbocycles. The van der Waals surface area contributed by atoms with Crippen LogP contribution in [0, 0.1) is 0 Å². The van der Waals surface area contributed by atoms with Crippen molar-refractivity contribution in [1.29, 1.82) is 0 Å². The molecule has 2 aliphatic heterocycles. The fourth-order valence-corrected chi connectivity index (χ4v) is 4.40. The van der Waals surface area contributed by atoms with Crippen LogP contribution in [-0.2, 0) is 16.8 Å². The maximum absolute atomic E-state index is 12.6. The summed E-state index contributed by atoms with van der Waals surface area (Å²) < 4.78 is 1.83. The van der Waals surface area contributed by atoms with Gasteiger partial charge in [-0.15, -0.1) is 0 Å². The fraction of sp³-hybridized carbons (Fsp3) is 0.200. The number of nitrogens with zero attached hydrogens (tertiary/aromatic N) is 2. The number of fused-ring (bicyclic) bond motifs is 4. The van der Waals surface area contributed by atoms with Crippen molar-refractivity contribution in [2.24, 2.45) is 0 Å². The van der Waals surface area contributed by atoms with E-state index in [1.165, 1.54) is 0 Å². The van der Waals surface area contributed by atoms with Crippen LogP contribution in [0.5, 0.6) is 0 Å². The number of carbonyl (C=O) groups excluding carboxylic acids is 1. The molecule has 0 saturated heterocycles. The monoisotopic (exact) mass is 398 g/mol. The van der Waals surface area contributed by atoms with Crippen molar-refractivity contribution in [3.05, 3.63) is 75.4 Å². The second kappa shape index (κ2) is 6.01. The number of halogens is 2. The predicted octanol–water partition coefficient (Wildman–Crippen LogP) is 4.29. The van der Waals surface area contributed by atoms with Crippen molar-refractivity contribution < 1.29 is 4.79 Å². The second-order valence-corrected chi connectivity index (χ2v) is 7.91. The maximum Gasteiger partial charge on any atom is 0.226 e. The number of hydrogen-bond acceptors (Lipinski definition) is 3. The Morgan fingerprint density at radius 1 is 1.07 bits per heavy atom. The van der Waals surface area contributed by atoms with Crippen LogP contribution in [0.4, 0.5) is 11.5 Å². The van der Waals surface area contributed by atoms with E-state index < -0.39 is 5.41 Å². The van der Waals surface area contributed by atoms with Crippen LogP contribution in [0.1, 0.15) is 23.1 Å². The molecule has 1 atom stereocenters. The minimum absolute atomic E-state index is 0.0185. The van der Waals surface area contributed by atoms with Gasteiger partial charge >= 0.3 is 0 Å². The van der Waals surface area contributed by atoms with Gasteiger partial charge in [-0.1, -0.05) is 35.3 Å². The lowest BCUT2D eigenvalue weighted by Gasteiger charge is -2.33. The number of hydrogen-bond donors (Lipinski definition) is 2. The summed E-state index contributed by atoms with van der Waals surface area (Å²) in [5, 5.41) is 12.4. The van der Waals surface area contributed by atoms with Gasteiger partial charge in [0, 0.05) is 34.3 Å². The van der Waals surface area contributed by atoms with Crippen LogP contribution >= 0.6 is 23.2 Å². The normalized spacial score (nSPS) is 20.1. The number of benzene rings is 2. The number of anilines is 2. The molecule has 0 bridgehead atoms. The average Bonchev–Trinajstić information content (AvgIpc) is 3.20. The first-order valence-electron chi connectivity index (χ1n) is 8.70. The van der Waals surface area contributed by atoms with Gasteiger partial charge in [0.2, 0.25) is 5.91 Å². The molecule has 1 aromatic heterocycles. The summed E-state index contributed by atoms with van der Waals surface area (Å²) >= 11 is 12.2. The van der Waals surface area contributed by atoms with E-state index in [0.717, 1.165) is 28.2 Å². The van der Waals surface area contributed by atoms with Crippen LogP contribution < -0.4 is 10.6 Å². The first-order valence-corrected chi connectivity index (χ1v) is 9.45. The Hall–Kier alpha value is -2.50. The van der Waals surface area contributed by atoms with Gasteiger partial charge in [0.1, 0.15) is 5.82 Å². The van der Waals surface area contributed by atoms with Crippen LogP contribution in [0.25, 0.3) is 0 Å². The zero-order valence-electron chi connectivity index (χ0n) is 14.3. The zero-order chi connectivity index (χ0) is 18.6. The van der Waals surface area contributed by atoms with Gasteiger partial charge in [0.05, 0.1) is 18.2 Å². The molecule has 7 heteroatoms. The van der Waals surface area contributed by atoms with Gasteiger partial charge in [-0.3, -0.25) is 4.79 Å². The van der Waals surface area contributed by atoms with Crippen molar-refractivity contribution in [2.45, 2.75) is 18.4 Å². The van der Waals surface area contributed by atoms with Gasteiger partial charge in [-0.25, -0.2) is 4.68 Å². The lowest BCUT2D eigenvalue weighted by molar-refractivity contribution is -0.117. The quantitative estimate of drug-likeness (QED) is 0.676. The van der Waals surface area contributed by atoms with E-state index in [0.29, 0.717) is 29.6 Å². The highest BCUT2D eigenvalue weighted by atomic mass is 35.5. The highest BCUT2D eigenvalue weighted by Crippen LogP contribution is 2.49. The van der Waals surface area contributed by atoms with E-state index in [-0.39, 0.29) is 5.91 Å². The Bertz CT molecular complexity index is 1060. The Balaban J connectivity index is 1.60. The lowest BCUT2D eigenvalue weighted by Crippen LogP contribution is -2.40. The second-order valence-electron chi connectivity index (χ2n) is 7.04. The lowest BCUT2D eigenvalue weighted by atomic mass is 9.72. The van der Waals surface area contributed by atoms with E-state index in [4.69, 9.17) is 23.2 Å². The predicted molar refractivity (Wildman–Crippen MR) is 107 cm³/mol. The first-order chi connectivity index (χ1) is 13.0. The summed E-state index contributed by atoms with van der Waals surface area (Å²) in [5.74, 6) is 0.728. The molecule has 2 aliphatic rings. The zero-order valence-corrected chi connectivity index (χ0v) is 15.8. The van der Waals surface area contributed by atoms with Gasteiger partial charge in [0.15, 0.2) is 0 Å². The van der Waals surface area contributed by atoms with Gasteiger partial charge in [-0.05, 0) is 41.5 Å². The van der Waals surface area contributed by atoms with Crippen molar-refractivity contribution in [2.75, 3.05) is 17.2 Å². The largest absolute Gasteiger partial charge is 0.384 e. The summed E-state index contributed by atoms with van der Waals surface area (Å²) in [6.07, 6.45) is 2.23. The van der Waals surface area contributed by atoms with Crippen LogP contribution in [0.2, 0.25) is 10.0 Å². The Kier molecular flexibility index (Phi) is 3.71. The first kappa shape index (κ1) is 16.7. The summed E-state index contributed by atoms with van der Waals surface area (Å²) in [6, 6.07) is 13.4. The van der Waals surface area contributed by atoms with Crippen molar-refractivity contribution in [3.63, 3.8) is 0 Å². The third-order valence-corrected chi connectivity index (χ3v) is 5.89. The minimum Gasteiger partial charge on any atom is -0.384 e. The van der Waals surface area contributed by atoms with Crippen LogP contribution in [0.3, 0.4) is 0 Å². The Labute approximate surface area is 166 Å². The van der Waals surface area contributed by atoms with E-state index in [2.05, 4.69) is 15.7 Å². The molecule has 2 N–H and O–H groups in total. The molecule has 0 unspecified atom stereocenters. The third-order valence-electron chi connectivity index (χ3n) is 5.40. The molecule has 0 saturated carbocycles. The van der Waals surface area contributed by atoms with Crippen molar-refractivity contribution in [3.8, 4) is 0 Å². The maximum atomic E-state index is 12.6. The molecule has 3 aromatic rings. The average molecular weight is 399 g/mol. The number of aromatic nitrogens is 2. The molecule has 1 amide bonds. The molecule has 0 radical (unpaired) electrons. The van der Waals surface area contributed by atoms with Crippen LogP contribution in [-0.4, -0.2) is 22.2 Å². The van der Waals surface area contributed by atoms with E-state index in [1.807, 2.05) is 53.3 Å². The number of carbonyl (C=O) groups is 1. The van der Waals surface area contributed by atoms with Crippen molar-refractivity contribution in [1.82, 2.24) is 9.78 Å². The van der Waals surface area contributed by atoms with Gasteiger partial charge in [-0.2, -0.15) is 5.10 Å². The molecule has 3 heterocycles. The fourth-order valence-electron chi connectivity index (χ4n) is 4.10. The van der Waals surface area contributed by atoms with E-state index in [1.54, 1.807) is 0 Å². The smallest absolute Gasteiger partial charge is 0.226 e.